The molecule has 2 aromatic rings. The molecule has 0 radical (unpaired) electrons. The number of nitrogens with zero attached hydrogens (tertiary/aromatic N) is 3. The van der Waals surface area contributed by atoms with Gasteiger partial charge >= 0.3 is 6.09 Å². The zero-order valence-electron chi connectivity index (χ0n) is 16.8. The quantitative estimate of drug-likeness (QED) is 0.806. The molecule has 29 heavy (non-hydrogen) atoms. The van der Waals surface area contributed by atoms with Crippen molar-refractivity contribution in [2.24, 2.45) is 11.7 Å². The Bertz CT molecular complexity index is 939. The number of benzene rings is 1. The Morgan fingerprint density at radius 3 is 2.97 bits per heavy atom. The van der Waals surface area contributed by atoms with Crippen LogP contribution < -0.4 is 15.4 Å². The third kappa shape index (κ3) is 3.66. The molecular formula is C21H26N4O4. The SMILES string of the molecule is CCC[C@@H]1COC(=O)N1c1cn2c(n1)-c1ccc(C[C@@H](C)C(N)=O)cc1OCC2. The van der Waals surface area contributed by atoms with Crippen molar-refractivity contribution in [2.75, 3.05) is 18.1 Å². The van der Waals surface area contributed by atoms with Crippen LogP contribution in [-0.4, -0.2) is 40.8 Å². The third-order valence-electron chi connectivity index (χ3n) is 5.50. The number of cyclic esters (lactones) is 1. The molecular weight excluding hydrogens is 372 g/mol. The molecule has 0 bridgehead atoms. The van der Waals surface area contributed by atoms with E-state index in [1.54, 1.807) is 4.90 Å². The van der Waals surface area contributed by atoms with E-state index in [1.807, 2.05) is 35.9 Å². The van der Waals surface area contributed by atoms with Gasteiger partial charge in [0.05, 0.1) is 18.2 Å². The van der Waals surface area contributed by atoms with Gasteiger partial charge in [-0.2, -0.15) is 0 Å². The first kappa shape index (κ1) is 19.3. The first-order chi connectivity index (χ1) is 14.0. The van der Waals surface area contributed by atoms with E-state index in [9.17, 15) is 9.59 Å². The second-order valence-electron chi connectivity index (χ2n) is 7.69. The molecule has 2 N–H and O–H groups in total. The fourth-order valence-corrected chi connectivity index (χ4v) is 3.90. The number of primary amides is 1. The zero-order chi connectivity index (χ0) is 20.5. The molecule has 1 saturated heterocycles. The summed E-state index contributed by atoms with van der Waals surface area (Å²) in [6.07, 6.45) is 3.95. The number of aromatic nitrogens is 2. The van der Waals surface area contributed by atoms with E-state index in [-0.39, 0.29) is 24.0 Å². The number of carbonyl (C=O) groups is 2. The number of hydrogen-bond donors (Lipinski definition) is 1. The highest BCUT2D eigenvalue weighted by Gasteiger charge is 2.36. The van der Waals surface area contributed by atoms with Crippen LogP contribution in [0.15, 0.2) is 24.4 Å². The highest BCUT2D eigenvalue weighted by molar-refractivity contribution is 5.89. The van der Waals surface area contributed by atoms with Crippen LogP contribution in [0.4, 0.5) is 10.6 Å². The third-order valence-corrected chi connectivity index (χ3v) is 5.50. The molecule has 2 aliphatic heterocycles. The molecule has 2 atom stereocenters. The Morgan fingerprint density at radius 1 is 1.38 bits per heavy atom. The lowest BCUT2D eigenvalue weighted by atomic mass is 9.99. The molecule has 1 aromatic heterocycles. The van der Waals surface area contributed by atoms with Crippen LogP contribution in [0.25, 0.3) is 11.4 Å². The van der Waals surface area contributed by atoms with Crippen molar-refractivity contribution in [3.8, 4) is 17.1 Å². The minimum absolute atomic E-state index is 0.0139. The second-order valence-corrected chi connectivity index (χ2v) is 7.69. The van der Waals surface area contributed by atoms with Crippen molar-refractivity contribution in [1.29, 1.82) is 0 Å². The van der Waals surface area contributed by atoms with Crippen LogP contribution in [0.2, 0.25) is 0 Å². The van der Waals surface area contributed by atoms with E-state index in [0.29, 0.717) is 32.0 Å². The summed E-state index contributed by atoms with van der Waals surface area (Å²) < 4.78 is 13.2. The molecule has 4 rings (SSSR count). The second kappa shape index (κ2) is 7.77. The smallest absolute Gasteiger partial charge is 0.415 e. The van der Waals surface area contributed by atoms with Crippen LogP contribution in [0, 0.1) is 5.92 Å². The maximum atomic E-state index is 12.3. The lowest BCUT2D eigenvalue weighted by Gasteiger charge is -2.18. The number of anilines is 1. The highest BCUT2D eigenvalue weighted by Crippen LogP contribution is 2.36. The summed E-state index contributed by atoms with van der Waals surface area (Å²) in [5.41, 5.74) is 7.24. The number of ether oxygens (including phenoxy) is 2. The lowest BCUT2D eigenvalue weighted by Crippen LogP contribution is -2.33. The Kier molecular flexibility index (Phi) is 5.17. The Balaban J connectivity index is 1.67. The van der Waals surface area contributed by atoms with E-state index < -0.39 is 0 Å². The minimum atomic E-state index is -0.344. The maximum absolute atomic E-state index is 12.3. The number of imidazole rings is 1. The normalized spacial score (nSPS) is 19.0. The summed E-state index contributed by atoms with van der Waals surface area (Å²) in [5.74, 6) is 1.53. The predicted molar refractivity (Wildman–Crippen MR) is 108 cm³/mol. The largest absolute Gasteiger partial charge is 0.491 e. The molecule has 8 heteroatoms. The standard InChI is InChI=1S/C21H26N4O4/c1-3-4-15-12-29-21(27)25(15)18-11-24-7-8-28-17-10-14(9-13(2)19(22)26)5-6-16(17)20(24)23-18/h5-6,10-11,13,15H,3-4,7-9,12H2,1-2H3,(H2,22,26)/t13-,15-/m1/s1. The van der Waals surface area contributed by atoms with Gasteiger partial charge in [0.2, 0.25) is 5.91 Å². The van der Waals surface area contributed by atoms with Gasteiger partial charge in [-0.05, 0) is 30.5 Å². The molecule has 2 aliphatic rings. The van der Waals surface area contributed by atoms with E-state index in [1.165, 1.54) is 0 Å². The van der Waals surface area contributed by atoms with Crippen LogP contribution in [0.3, 0.4) is 0 Å². The zero-order valence-corrected chi connectivity index (χ0v) is 16.8. The first-order valence-electron chi connectivity index (χ1n) is 10.1. The number of fused-ring (bicyclic) bond motifs is 3. The van der Waals surface area contributed by atoms with Crippen molar-refractivity contribution in [3.63, 3.8) is 0 Å². The molecule has 0 aliphatic carbocycles. The van der Waals surface area contributed by atoms with Crippen LogP contribution in [-0.2, 0) is 22.5 Å². The lowest BCUT2D eigenvalue weighted by molar-refractivity contribution is -0.121. The Labute approximate surface area is 169 Å². The number of hydrogen-bond acceptors (Lipinski definition) is 5. The van der Waals surface area contributed by atoms with Gasteiger partial charge in [0.15, 0.2) is 5.82 Å². The van der Waals surface area contributed by atoms with E-state index in [0.717, 1.165) is 35.5 Å². The molecule has 0 unspecified atom stereocenters. The van der Waals surface area contributed by atoms with Gasteiger partial charge in [-0.1, -0.05) is 26.3 Å². The molecule has 3 heterocycles. The van der Waals surface area contributed by atoms with Crippen molar-refractivity contribution in [2.45, 2.75) is 45.7 Å². The molecule has 1 aromatic carbocycles. The van der Waals surface area contributed by atoms with Gasteiger partial charge in [0.1, 0.15) is 24.8 Å². The molecule has 1 fully saturated rings. The molecule has 8 nitrogen and oxygen atoms in total. The first-order valence-corrected chi connectivity index (χ1v) is 10.1. The summed E-state index contributed by atoms with van der Waals surface area (Å²) >= 11 is 0. The molecule has 0 spiro atoms. The van der Waals surface area contributed by atoms with Gasteiger partial charge in [-0.15, -0.1) is 0 Å². The van der Waals surface area contributed by atoms with Gasteiger partial charge in [-0.25, -0.2) is 9.78 Å². The minimum Gasteiger partial charge on any atom is -0.491 e. The summed E-state index contributed by atoms with van der Waals surface area (Å²) in [6.45, 7) is 5.43. The highest BCUT2D eigenvalue weighted by atomic mass is 16.6. The molecule has 0 saturated carbocycles. The summed E-state index contributed by atoms with van der Waals surface area (Å²) in [7, 11) is 0. The van der Waals surface area contributed by atoms with Gasteiger partial charge in [0, 0.05) is 12.1 Å². The van der Waals surface area contributed by atoms with E-state index in [2.05, 4.69) is 6.92 Å². The molecule has 154 valence electrons. The van der Waals surface area contributed by atoms with Gasteiger partial charge < -0.3 is 19.8 Å². The average molecular weight is 398 g/mol. The fourth-order valence-electron chi connectivity index (χ4n) is 3.90. The average Bonchev–Trinajstić information content (AvgIpc) is 3.21. The number of nitrogens with two attached hydrogens (primary N) is 1. The van der Waals surface area contributed by atoms with Gasteiger partial charge in [-0.3, -0.25) is 9.69 Å². The summed E-state index contributed by atoms with van der Waals surface area (Å²) in [5, 5.41) is 0. The monoisotopic (exact) mass is 398 g/mol. The Hall–Kier alpha value is -3.03. The number of carbonyl (C=O) groups excluding carboxylic acids is 2. The van der Waals surface area contributed by atoms with E-state index >= 15 is 0 Å². The van der Waals surface area contributed by atoms with Crippen LogP contribution in [0.5, 0.6) is 5.75 Å². The van der Waals surface area contributed by atoms with Crippen molar-refractivity contribution in [3.05, 3.63) is 30.0 Å². The molecule has 2 amide bonds. The summed E-state index contributed by atoms with van der Waals surface area (Å²) in [4.78, 5) is 30.1. The number of amides is 2. The van der Waals surface area contributed by atoms with Crippen molar-refractivity contribution in [1.82, 2.24) is 9.55 Å². The summed E-state index contributed by atoms with van der Waals surface area (Å²) in [6, 6.07) is 5.89. The van der Waals surface area contributed by atoms with Crippen molar-refractivity contribution < 1.29 is 19.1 Å². The fraction of sp³-hybridized carbons (Fsp3) is 0.476. The Morgan fingerprint density at radius 2 is 2.21 bits per heavy atom. The topological polar surface area (TPSA) is 99.7 Å². The van der Waals surface area contributed by atoms with Crippen molar-refractivity contribution >= 4 is 17.8 Å². The van der Waals surface area contributed by atoms with E-state index in [4.69, 9.17) is 20.2 Å². The predicted octanol–water partition coefficient (Wildman–Crippen LogP) is 2.73. The van der Waals surface area contributed by atoms with Crippen LogP contribution in [0.1, 0.15) is 32.3 Å². The maximum Gasteiger partial charge on any atom is 0.415 e. The number of rotatable bonds is 6. The van der Waals surface area contributed by atoms with Crippen LogP contribution >= 0.6 is 0 Å². The van der Waals surface area contributed by atoms with Gasteiger partial charge in [0.25, 0.3) is 0 Å².